The molecule has 17 heavy (non-hydrogen) atoms. The first-order valence-electron chi connectivity index (χ1n) is 6.00. The summed E-state index contributed by atoms with van der Waals surface area (Å²) >= 11 is 3.32. The predicted octanol–water partition coefficient (Wildman–Crippen LogP) is 3.74. The van der Waals surface area contributed by atoms with Crippen LogP contribution in [0.2, 0.25) is 0 Å². The maximum atomic E-state index is 9.80. The first-order valence-corrected chi connectivity index (χ1v) is 6.80. The van der Waals surface area contributed by atoms with Crippen LogP contribution >= 0.6 is 15.9 Å². The van der Waals surface area contributed by atoms with Gasteiger partial charge in [-0.2, -0.15) is 0 Å². The Morgan fingerprint density at radius 1 is 1.41 bits per heavy atom. The lowest BCUT2D eigenvalue weighted by Gasteiger charge is -2.15. The molecule has 0 fully saturated rings. The molecule has 1 aromatic carbocycles. The van der Waals surface area contributed by atoms with Crippen LogP contribution in [0.1, 0.15) is 44.7 Å². The molecule has 0 spiro atoms. The topological polar surface area (TPSA) is 55.5 Å². The van der Waals surface area contributed by atoms with E-state index in [2.05, 4.69) is 22.9 Å². The lowest BCUT2D eigenvalue weighted by atomic mass is 10.0. The number of nitrogens with two attached hydrogens (primary N) is 1. The van der Waals surface area contributed by atoms with Gasteiger partial charge >= 0.3 is 0 Å². The second kappa shape index (κ2) is 6.87. The molecular weight excluding hydrogens is 282 g/mol. The van der Waals surface area contributed by atoms with Crippen LogP contribution < -0.4 is 10.5 Å². The number of halogens is 1. The standard InChI is InChI=1S/C13H20BrNO2/c1-3-5-6-11(15)9-7-10(14)13(16)12(8-9)17-4-2/h7-8,11,16H,3-6,15H2,1-2H3/t11-/m1/s1. The van der Waals surface area contributed by atoms with E-state index in [-0.39, 0.29) is 11.8 Å². The summed E-state index contributed by atoms with van der Waals surface area (Å²) in [4.78, 5) is 0. The summed E-state index contributed by atoms with van der Waals surface area (Å²) in [5, 5.41) is 9.80. The van der Waals surface area contributed by atoms with Crippen molar-refractivity contribution < 1.29 is 9.84 Å². The van der Waals surface area contributed by atoms with Crippen LogP contribution in [0.5, 0.6) is 11.5 Å². The van der Waals surface area contributed by atoms with Crippen LogP contribution in [0.25, 0.3) is 0 Å². The number of hydrogen-bond donors (Lipinski definition) is 2. The number of hydrogen-bond acceptors (Lipinski definition) is 3. The molecule has 0 saturated carbocycles. The summed E-state index contributed by atoms with van der Waals surface area (Å²) in [7, 11) is 0. The number of phenolic OH excluding ortho intramolecular Hbond substituents is 1. The molecule has 1 rings (SSSR count). The van der Waals surface area contributed by atoms with E-state index in [1.165, 1.54) is 0 Å². The number of unbranched alkanes of at least 4 members (excludes halogenated alkanes) is 1. The number of aromatic hydroxyl groups is 1. The highest BCUT2D eigenvalue weighted by molar-refractivity contribution is 9.10. The van der Waals surface area contributed by atoms with Gasteiger partial charge in [-0.05, 0) is 47.0 Å². The van der Waals surface area contributed by atoms with Gasteiger partial charge in [-0.25, -0.2) is 0 Å². The van der Waals surface area contributed by atoms with Crippen LogP contribution in [-0.4, -0.2) is 11.7 Å². The maximum Gasteiger partial charge on any atom is 0.172 e. The van der Waals surface area contributed by atoms with Crippen LogP contribution in [0, 0.1) is 0 Å². The van der Waals surface area contributed by atoms with Crippen molar-refractivity contribution in [2.75, 3.05) is 6.61 Å². The summed E-state index contributed by atoms with van der Waals surface area (Å²) in [6, 6.07) is 3.67. The van der Waals surface area contributed by atoms with Crippen molar-refractivity contribution in [3.05, 3.63) is 22.2 Å². The SMILES string of the molecule is CCCC[C@@H](N)c1cc(Br)c(O)c(OCC)c1. The number of benzene rings is 1. The molecule has 0 aromatic heterocycles. The van der Waals surface area contributed by atoms with Crippen molar-refractivity contribution in [3.8, 4) is 11.5 Å². The summed E-state index contributed by atoms with van der Waals surface area (Å²) in [6.45, 7) is 4.55. The number of ether oxygens (including phenoxy) is 1. The minimum absolute atomic E-state index is 0.00828. The third kappa shape index (κ3) is 3.89. The lowest BCUT2D eigenvalue weighted by molar-refractivity contribution is 0.316. The molecule has 3 nitrogen and oxygen atoms in total. The van der Waals surface area contributed by atoms with Crippen molar-refractivity contribution in [1.82, 2.24) is 0 Å². The van der Waals surface area contributed by atoms with E-state index in [9.17, 15) is 5.11 Å². The molecule has 4 heteroatoms. The molecule has 0 bridgehead atoms. The molecule has 0 aliphatic rings. The first-order chi connectivity index (χ1) is 8.10. The van der Waals surface area contributed by atoms with Gasteiger partial charge in [0.1, 0.15) is 0 Å². The highest BCUT2D eigenvalue weighted by atomic mass is 79.9. The Kier molecular flexibility index (Phi) is 5.78. The first kappa shape index (κ1) is 14.3. The summed E-state index contributed by atoms with van der Waals surface area (Å²) in [6.07, 6.45) is 3.17. The zero-order chi connectivity index (χ0) is 12.8. The van der Waals surface area contributed by atoms with Gasteiger partial charge in [0, 0.05) is 6.04 Å². The average Bonchev–Trinajstić information content (AvgIpc) is 2.31. The van der Waals surface area contributed by atoms with Gasteiger partial charge < -0.3 is 15.6 Å². The third-order valence-electron chi connectivity index (χ3n) is 2.65. The van der Waals surface area contributed by atoms with Crippen molar-refractivity contribution in [1.29, 1.82) is 0 Å². The molecule has 0 radical (unpaired) electrons. The molecule has 1 atom stereocenters. The Morgan fingerprint density at radius 3 is 2.71 bits per heavy atom. The van der Waals surface area contributed by atoms with E-state index in [4.69, 9.17) is 10.5 Å². The molecule has 0 heterocycles. The van der Waals surface area contributed by atoms with Gasteiger partial charge in [0.2, 0.25) is 0 Å². The van der Waals surface area contributed by atoms with E-state index in [1.54, 1.807) is 0 Å². The fraction of sp³-hybridized carbons (Fsp3) is 0.538. The Hall–Kier alpha value is -0.740. The molecule has 3 N–H and O–H groups in total. The Bertz CT molecular complexity index is 369. The molecule has 0 aliphatic carbocycles. The molecule has 1 aromatic rings. The van der Waals surface area contributed by atoms with Crippen LogP contribution in [-0.2, 0) is 0 Å². The second-order valence-electron chi connectivity index (χ2n) is 4.03. The Balaban J connectivity index is 2.92. The quantitative estimate of drug-likeness (QED) is 0.841. The molecule has 0 amide bonds. The van der Waals surface area contributed by atoms with E-state index >= 15 is 0 Å². The largest absolute Gasteiger partial charge is 0.503 e. The van der Waals surface area contributed by atoms with E-state index in [0.717, 1.165) is 24.8 Å². The van der Waals surface area contributed by atoms with Gasteiger partial charge in [-0.15, -0.1) is 0 Å². The maximum absolute atomic E-state index is 9.80. The lowest BCUT2D eigenvalue weighted by Crippen LogP contribution is -2.10. The molecule has 96 valence electrons. The summed E-state index contributed by atoms with van der Waals surface area (Å²) in [5.41, 5.74) is 7.10. The third-order valence-corrected chi connectivity index (χ3v) is 3.25. The minimum atomic E-state index is -0.00828. The normalized spacial score (nSPS) is 12.5. The van der Waals surface area contributed by atoms with Crippen LogP contribution in [0.4, 0.5) is 0 Å². The smallest absolute Gasteiger partial charge is 0.172 e. The number of rotatable bonds is 6. The van der Waals surface area contributed by atoms with Gasteiger partial charge in [-0.1, -0.05) is 19.8 Å². The summed E-state index contributed by atoms with van der Waals surface area (Å²) < 4.78 is 6.01. The Labute approximate surface area is 111 Å². The molecular formula is C13H20BrNO2. The zero-order valence-corrected chi connectivity index (χ0v) is 12.0. The van der Waals surface area contributed by atoms with Crippen LogP contribution in [0.15, 0.2) is 16.6 Å². The molecule has 0 unspecified atom stereocenters. The molecule has 0 aliphatic heterocycles. The average molecular weight is 302 g/mol. The van der Waals surface area contributed by atoms with E-state index in [0.29, 0.717) is 16.8 Å². The predicted molar refractivity (Wildman–Crippen MR) is 73.4 cm³/mol. The van der Waals surface area contributed by atoms with Crippen LogP contribution in [0.3, 0.4) is 0 Å². The van der Waals surface area contributed by atoms with E-state index < -0.39 is 0 Å². The van der Waals surface area contributed by atoms with E-state index in [1.807, 2.05) is 19.1 Å². The van der Waals surface area contributed by atoms with Crippen molar-refractivity contribution >= 4 is 15.9 Å². The van der Waals surface area contributed by atoms with Crippen molar-refractivity contribution in [2.24, 2.45) is 5.73 Å². The van der Waals surface area contributed by atoms with Crippen molar-refractivity contribution in [3.63, 3.8) is 0 Å². The fourth-order valence-electron chi connectivity index (χ4n) is 1.66. The van der Waals surface area contributed by atoms with Crippen molar-refractivity contribution in [2.45, 2.75) is 39.2 Å². The monoisotopic (exact) mass is 301 g/mol. The van der Waals surface area contributed by atoms with Gasteiger partial charge in [-0.3, -0.25) is 0 Å². The Morgan fingerprint density at radius 2 is 2.12 bits per heavy atom. The van der Waals surface area contributed by atoms with Gasteiger partial charge in [0.25, 0.3) is 0 Å². The highest BCUT2D eigenvalue weighted by Gasteiger charge is 2.13. The zero-order valence-electron chi connectivity index (χ0n) is 10.4. The van der Waals surface area contributed by atoms with Gasteiger partial charge in [0.15, 0.2) is 11.5 Å². The molecule has 0 saturated heterocycles. The van der Waals surface area contributed by atoms with Gasteiger partial charge in [0.05, 0.1) is 11.1 Å². The summed E-state index contributed by atoms with van der Waals surface area (Å²) in [5.74, 6) is 0.627. The highest BCUT2D eigenvalue weighted by Crippen LogP contribution is 2.37. The minimum Gasteiger partial charge on any atom is -0.503 e. The second-order valence-corrected chi connectivity index (χ2v) is 4.89. The number of phenols is 1. The fourth-order valence-corrected chi connectivity index (χ4v) is 2.12.